The van der Waals surface area contributed by atoms with E-state index in [0.717, 1.165) is 11.1 Å². The van der Waals surface area contributed by atoms with Crippen molar-refractivity contribution in [2.24, 2.45) is 0 Å². The van der Waals surface area contributed by atoms with Crippen LogP contribution in [0.1, 0.15) is 11.1 Å². The fraction of sp³-hybridized carbons (Fsp3) is 0.250. The molecular weight excluding hydrogens is 159 g/mol. The molecule has 1 aromatic carbocycles. The highest BCUT2D eigenvalue weighted by Crippen LogP contribution is 2.13. The summed E-state index contributed by atoms with van der Waals surface area (Å²) in [5.41, 5.74) is 1.87. The highest BCUT2D eigenvalue weighted by Gasteiger charge is 2.11. The number of aryl methyl sites for hydroxylation is 1. The number of hydrogen-bond acceptors (Lipinski definition) is 2. The van der Waals surface area contributed by atoms with Crippen LogP contribution < -0.4 is 10.2 Å². The highest BCUT2D eigenvalue weighted by atomic mass is 31.1. The number of hydrogen-bond donors (Lipinski definition) is 0. The van der Waals surface area contributed by atoms with Crippen LogP contribution in [0.15, 0.2) is 18.2 Å². The Balaban J connectivity index is 3.27. The van der Waals surface area contributed by atoms with E-state index < -0.39 is 8.03 Å². The van der Waals surface area contributed by atoms with Crippen LogP contribution in [-0.4, -0.2) is 0 Å². The van der Waals surface area contributed by atoms with Crippen LogP contribution in [0.4, 0.5) is 0 Å². The molecule has 2 nitrogen and oxygen atoms in total. The summed E-state index contributed by atoms with van der Waals surface area (Å²) in [6.07, 6.45) is 0. The van der Waals surface area contributed by atoms with E-state index in [2.05, 4.69) is 0 Å². The van der Waals surface area contributed by atoms with Crippen molar-refractivity contribution in [3.8, 4) is 0 Å². The molecule has 0 aliphatic heterocycles. The molecule has 0 radical (unpaired) electrons. The van der Waals surface area contributed by atoms with Gasteiger partial charge in [0.1, 0.15) is 0 Å². The van der Waals surface area contributed by atoms with E-state index >= 15 is 0 Å². The van der Waals surface area contributed by atoms with Gasteiger partial charge in [0.15, 0.2) is 5.30 Å². The molecule has 11 heavy (non-hydrogen) atoms. The minimum atomic E-state index is -2.43. The van der Waals surface area contributed by atoms with Gasteiger partial charge in [0.25, 0.3) is 0 Å². The molecule has 3 heteroatoms. The molecule has 0 N–H and O–H groups in total. The summed E-state index contributed by atoms with van der Waals surface area (Å²) in [6.45, 7) is 3.72. The topological polar surface area (TPSA) is 40.1 Å². The lowest BCUT2D eigenvalue weighted by Gasteiger charge is -1.98. The molecule has 0 spiro atoms. The maximum Gasteiger partial charge on any atom is 0.349 e. The zero-order valence-electron chi connectivity index (χ0n) is 6.50. The van der Waals surface area contributed by atoms with Gasteiger partial charge in [-0.2, -0.15) is 0 Å². The zero-order valence-corrected chi connectivity index (χ0v) is 7.39. The molecule has 1 rings (SSSR count). The molecule has 0 aromatic heterocycles. The van der Waals surface area contributed by atoms with Crippen molar-refractivity contribution in [3.63, 3.8) is 0 Å². The summed E-state index contributed by atoms with van der Waals surface area (Å²) in [7, 11) is -2.43. The molecule has 0 saturated heterocycles. The van der Waals surface area contributed by atoms with Crippen LogP contribution >= 0.6 is 8.03 Å². The molecule has 0 fully saturated rings. The van der Waals surface area contributed by atoms with Gasteiger partial charge in [-0.05, 0) is 25.5 Å². The van der Waals surface area contributed by atoms with E-state index in [1.54, 1.807) is 12.1 Å². The summed E-state index contributed by atoms with van der Waals surface area (Å²) in [4.78, 5) is 10.6. The predicted octanol–water partition coefficient (Wildman–Crippen LogP) is 1.03. The van der Waals surface area contributed by atoms with E-state index in [1.165, 1.54) is 0 Å². The van der Waals surface area contributed by atoms with E-state index in [0.29, 0.717) is 5.30 Å². The normalized spacial score (nSPS) is 11.4. The molecule has 0 bridgehead atoms. The second-order valence-electron chi connectivity index (χ2n) is 2.48. The van der Waals surface area contributed by atoms with Gasteiger partial charge >= 0.3 is 8.03 Å². The lowest BCUT2D eigenvalue weighted by Crippen LogP contribution is -2.09. The first kappa shape index (κ1) is 8.38. The lowest BCUT2D eigenvalue weighted by molar-refractivity contribution is -0.160. The smallest absolute Gasteiger partial charge is 0.349 e. The first-order valence-electron chi connectivity index (χ1n) is 3.33. The summed E-state index contributed by atoms with van der Waals surface area (Å²) < 4.78 is 10.6. The van der Waals surface area contributed by atoms with E-state index in [4.69, 9.17) is 0 Å². The van der Waals surface area contributed by atoms with Crippen molar-refractivity contribution < 1.29 is 9.46 Å². The fourth-order valence-electron chi connectivity index (χ4n) is 0.933. The molecule has 0 aliphatic carbocycles. The summed E-state index contributed by atoms with van der Waals surface area (Å²) in [6, 6.07) is 5.27. The van der Waals surface area contributed by atoms with Crippen LogP contribution in [0, 0.1) is 13.8 Å². The van der Waals surface area contributed by atoms with Crippen LogP contribution in [0.25, 0.3) is 0 Å². The first-order valence-corrected chi connectivity index (χ1v) is 4.51. The van der Waals surface area contributed by atoms with Gasteiger partial charge < -0.3 is 4.89 Å². The average molecular weight is 168 g/mol. The lowest BCUT2D eigenvalue weighted by atomic mass is 10.1. The van der Waals surface area contributed by atoms with Gasteiger partial charge in [0.05, 0.1) is 0 Å². The quantitative estimate of drug-likeness (QED) is 0.587. The van der Waals surface area contributed by atoms with Crippen molar-refractivity contribution >= 4 is 13.3 Å². The second kappa shape index (κ2) is 3.12. The summed E-state index contributed by atoms with van der Waals surface area (Å²) in [5, 5.41) is 0.431. The molecule has 1 unspecified atom stereocenters. The Morgan fingerprint density at radius 1 is 1.36 bits per heavy atom. The predicted molar refractivity (Wildman–Crippen MR) is 43.2 cm³/mol. The van der Waals surface area contributed by atoms with Crippen molar-refractivity contribution in [2.45, 2.75) is 13.8 Å². The van der Waals surface area contributed by atoms with Gasteiger partial charge in [-0.1, -0.05) is 16.7 Å². The molecule has 0 amide bonds. The molecule has 0 saturated carbocycles. The molecule has 0 aliphatic rings. The van der Waals surface area contributed by atoms with Crippen LogP contribution in [0.3, 0.4) is 0 Å². The third-order valence-electron chi connectivity index (χ3n) is 1.77. The SMILES string of the molecule is Cc1cccc([P+](=O)[O-])c1C. The first-order chi connectivity index (χ1) is 5.13. The van der Waals surface area contributed by atoms with Gasteiger partial charge in [-0.25, -0.2) is 0 Å². The molecule has 1 aromatic rings. The van der Waals surface area contributed by atoms with Gasteiger partial charge in [-0.15, -0.1) is 0 Å². The Bertz CT molecular complexity index is 294. The van der Waals surface area contributed by atoms with Gasteiger partial charge in [0, 0.05) is 5.56 Å². The minimum Gasteiger partial charge on any atom is -0.591 e. The minimum absolute atomic E-state index is 0.431. The Morgan fingerprint density at radius 3 is 2.45 bits per heavy atom. The van der Waals surface area contributed by atoms with Crippen LogP contribution in [0.5, 0.6) is 0 Å². The molecular formula is C8H9O2P. The third-order valence-corrected chi connectivity index (χ3v) is 2.65. The van der Waals surface area contributed by atoms with Crippen molar-refractivity contribution in [1.82, 2.24) is 0 Å². The second-order valence-corrected chi connectivity index (χ2v) is 3.47. The Kier molecular flexibility index (Phi) is 2.38. The van der Waals surface area contributed by atoms with Gasteiger partial charge in [-0.3, -0.25) is 0 Å². The van der Waals surface area contributed by atoms with Crippen molar-refractivity contribution in [3.05, 3.63) is 29.3 Å². The Labute approximate surface area is 66.7 Å². The molecule has 0 heterocycles. The average Bonchev–Trinajstić information content (AvgIpc) is 1.94. The molecule has 58 valence electrons. The maximum atomic E-state index is 10.6. The Hall–Kier alpha value is -0.720. The van der Waals surface area contributed by atoms with E-state index in [9.17, 15) is 9.46 Å². The van der Waals surface area contributed by atoms with E-state index in [-0.39, 0.29) is 0 Å². The monoisotopic (exact) mass is 168 g/mol. The standard InChI is InChI=1S/C8H9O2P/c1-6-4-3-5-8(7(6)2)11(9)10/h3-5H,1-2H3. The van der Waals surface area contributed by atoms with Gasteiger partial charge in [0.2, 0.25) is 0 Å². The molecule has 1 atom stereocenters. The summed E-state index contributed by atoms with van der Waals surface area (Å²) >= 11 is 0. The number of rotatable bonds is 1. The Morgan fingerprint density at radius 2 is 2.00 bits per heavy atom. The van der Waals surface area contributed by atoms with Crippen molar-refractivity contribution in [1.29, 1.82) is 0 Å². The van der Waals surface area contributed by atoms with E-state index in [1.807, 2.05) is 19.9 Å². The zero-order chi connectivity index (χ0) is 8.43. The highest BCUT2D eigenvalue weighted by molar-refractivity contribution is 7.46. The van der Waals surface area contributed by atoms with Crippen LogP contribution in [0.2, 0.25) is 0 Å². The summed E-state index contributed by atoms with van der Waals surface area (Å²) in [5.74, 6) is 0. The largest absolute Gasteiger partial charge is 0.591 e. The van der Waals surface area contributed by atoms with Crippen LogP contribution in [-0.2, 0) is 4.57 Å². The third kappa shape index (κ3) is 1.65. The fourth-order valence-corrected chi connectivity index (χ4v) is 1.59. The maximum absolute atomic E-state index is 10.6. The number of benzene rings is 1. The van der Waals surface area contributed by atoms with Crippen molar-refractivity contribution in [2.75, 3.05) is 0 Å².